The zero-order valence-electron chi connectivity index (χ0n) is 10.8. The van der Waals surface area contributed by atoms with Crippen molar-refractivity contribution in [2.75, 3.05) is 18.5 Å². The fourth-order valence-electron chi connectivity index (χ4n) is 2.35. The van der Waals surface area contributed by atoms with Crippen LogP contribution >= 0.6 is 0 Å². The Balaban J connectivity index is 1.92. The summed E-state index contributed by atoms with van der Waals surface area (Å²) in [6.07, 6.45) is 5.33. The molecule has 0 aromatic carbocycles. The highest BCUT2D eigenvalue weighted by atomic mass is 16.5. The highest BCUT2D eigenvalue weighted by molar-refractivity contribution is 5.37. The molecule has 0 atom stereocenters. The highest BCUT2D eigenvalue weighted by Gasteiger charge is 2.34. The van der Waals surface area contributed by atoms with Crippen molar-refractivity contribution in [2.24, 2.45) is 5.41 Å². The Morgan fingerprint density at radius 2 is 2.18 bits per heavy atom. The van der Waals surface area contributed by atoms with Crippen LogP contribution in [0, 0.1) is 5.41 Å². The van der Waals surface area contributed by atoms with Crippen LogP contribution in [0.15, 0.2) is 18.2 Å². The second-order valence-electron chi connectivity index (χ2n) is 4.85. The number of nitrogens with zero attached hydrogens (tertiary/aromatic N) is 1. The fourth-order valence-corrected chi connectivity index (χ4v) is 2.35. The van der Waals surface area contributed by atoms with Crippen LogP contribution in [0.1, 0.15) is 39.5 Å². The highest BCUT2D eigenvalue weighted by Crippen LogP contribution is 2.43. The molecule has 1 heterocycles. The maximum absolute atomic E-state index is 5.39. The van der Waals surface area contributed by atoms with E-state index in [2.05, 4.69) is 17.2 Å². The topological polar surface area (TPSA) is 34.1 Å². The molecule has 0 amide bonds. The van der Waals surface area contributed by atoms with Gasteiger partial charge in [0.2, 0.25) is 5.88 Å². The van der Waals surface area contributed by atoms with E-state index < -0.39 is 0 Å². The van der Waals surface area contributed by atoms with Crippen molar-refractivity contribution >= 4 is 5.82 Å². The molecule has 1 aliphatic carbocycles. The number of ether oxygens (including phenoxy) is 1. The van der Waals surface area contributed by atoms with Gasteiger partial charge < -0.3 is 10.1 Å². The van der Waals surface area contributed by atoms with Crippen LogP contribution < -0.4 is 10.1 Å². The number of pyridine rings is 1. The monoisotopic (exact) mass is 234 g/mol. The first-order chi connectivity index (χ1) is 8.28. The van der Waals surface area contributed by atoms with Gasteiger partial charge in [-0.15, -0.1) is 0 Å². The molecule has 1 aliphatic rings. The van der Waals surface area contributed by atoms with Crippen LogP contribution in [0.4, 0.5) is 5.82 Å². The summed E-state index contributed by atoms with van der Waals surface area (Å²) in [5, 5.41) is 3.45. The SMILES string of the molecule is CCOc1cccc(NCC2(CC)CCC2)n1. The summed E-state index contributed by atoms with van der Waals surface area (Å²) in [5.74, 6) is 1.63. The van der Waals surface area contributed by atoms with Gasteiger partial charge >= 0.3 is 0 Å². The van der Waals surface area contributed by atoms with Gasteiger partial charge in [0.25, 0.3) is 0 Å². The fraction of sp³-hybridized carbons (Fsp3) is 0.643. The molecule has 1 fully saturated rings. The smallest absolute Gasteiger partial charge is 0.215 e. The van der Waals surface area contributed by atoms with E-state index in [0.29, 0.717) is 17.9 Å². The van der Waals surface area contributed by atoms with E-state index >= 15 is 0 Å². The molecular formula is C14H22N2O. The van der Waals surface area contributed by atoms with Gasteiger partial charge in [0, 0.05) is 12.6 Å². The van der Waals surface area contributed by atoms with Gasteiger partial charge in [0.1, 0.15) is 5.82 Å². The molecule has 1 aromatic heterocycles. The van der Waals surface area contributed by atoms with E-state index in [1.165, 1.54) is 25.7 Å². The lowest BCUT2D eigenvalue weighted by Gasteiger charge is -2.41. The molecule has 0 radical (unpaired) electrons. The number of hydrogen-bond donors (Lipinski definition) is 1. The van der Waals surface area contributed by atoms with Crippen molar-refractivity contribution in [3.05, 3.63) is 18.2 Å². The van der Waals surface area contributed by atoms with Gasteiger partial charge in [-0.3, -0.25) is 0 Å². The maximum atomic E-state index is 5.39. The molecule has 0 bridgehead atoms. The molecule has 1 saturated carbocycles. The molecule has 3 heteroatoms. The van der Waals surface area contributed by atoms with Crippen molar-refractivity contribution in [2.45, 2.75) is 39.5 Å². The summed E-state index contributed by atoms with van der Waals surface area (Å²) < 4.78 is 5.39. The van der Waals surface area contributed by atoms with Gasteiger partial charge in [-0.1, -0.05) is 19.4 Å². The van der Waals surface area contributed by atoms with Crippen LogP contribution in [0.2, 0.25) is 0 Å². The lowest BCUT2D eigenvalue weighted by molar-refractivity contribution is 0.145. The Hall–Kier alpha value is -1.25. The Morgan fingerprint density at radius 1 is 1.35 bits per heavy atom. The zero-order valence-corrected chi connectivity index (χ0v) is 10.8. The van der Waals surface area contributed by atoms with Crippen molar-refractivity contribution in [3.8, 4) is 5.88 Å². The first-order valence-electron chi connectivity index (χ1n) is 6.62. The quantitative estimate of drug-likeness (QED) is 0.818. The summed E-state index contributed by atoms with van der Waals surface area (Å²) in [6, 6.07) is 5.89. The van der Waals surface area contributed by atoms with Gasteiger partial charge in [0.05, 0.1) is 6.61 Å². The molecule has 0 saturated heterocycles. The standard InChI is InChI=1S/C14H22N2O/c1-3-14(9-6-10-14)11-15-12-7-5-8-13(16-12)17-4-2/h5,7-8H,3-4,6,9-11H2,1-2H3,(H,15,16). The minimum absolute atomic E-state index is 0.517. The van der Waals surface area contributed by atoms with Gasteiger partial charge in [-0.25, -0.2) is 0 Å². The number of anilines is 1. The van der Waals surface area contributed by atoms with E-state index in [4.69, 9.17) is 4.74 Å². The van der Waals surface area contributed by atoms with Gasteiger partial charge in [0.15, 0.2) is 0 Å². The number of aromatic nitrogens is 1. The molecule has 94 valence electrons. The van der Waals surface area contributed by atoms with Crippen molar-refractivity contribution in [3.63, 3.8) is 0 Å². The predicted molar refractivity (Wildman–Crippen MR) is 70.5 cm³/mol. The Bertz CT molecular complexity index is 355. The zero-order chi connectivity index (χ0) is 12.1. The number of nitrogens with one attached hydrogen (secondary N) is 1. The first kappa shape index (κ1) is 12.2. The van der Waals surface area contributed by atoms with Crippen LogP contribution in [-0.4, -0.2) is 18.1 Å². The third kappa shape index (κ3) is 2.90. The molecular weight excluding hydrogens is 212 g/mol. The lowest BCUT2D eigenvalue weighted by Crippen LogP contribution is -2.36. The summed E-state index contributed by atoms with van der Waals surface area (Å²) >= 11 is 0. The lowest BCUT2D eigenvalue weighted by atomic mass is 9.67. The molecule has 2 rings (SSSR count). The number of rotatable bonds is 6. The normalized spacial score (nSPS) is 17.3. The minimum Gasteiger partial charge on any atom is -0.478 e. The summed E-state index contributed by atoms with van der Waals surface area (Å²) in [7, 11) is 0. The largest absolute Gasteiger partial charge is 0.478 e. The molecule has 0 spiro atoms. The van der Waals surface area contributed by atoms with E-state index in [9.17, 15) is 0 Å². The van der Waals surface area contributed by atoms with Gasteiger partial charge in [-0.05, 0) is 37.7 Å². The van der Waals surface area contributed by atoms with Crippen LogP contribution in [0.25, 0.3) is 0 Å². The van der Waals surface area contributed by atoms with Crippen molar-refractivity contribution < 1.29 is 4.74 Å². The second kappa shape index (κ2) is 5.39. The average Bonchev–Trinajstić information content (AvgIpc) is 2.29. The predicted octanol–water partition coefficient (Wildman–Crippen LogP) is 3.47. The molecule has 1 aromatic rings. The summed E-state index contributed by atoms with van der Waals surface area (Å²) in [5.41, 5.74) is 0.517. The Kier molecular flexibility index (Phi) is 3.87. The van der Waals surface area contributed by atoms with Crippen molar-refractivity contribution in [1.29, 1.82) is 0 Å². The molecule has 17 heavy (non-hydrogen) atoms. The maximum Gasteiger partial charge on any atom is 0.215 e. The second-order valence-corrected chi connectivity index (χ2v) is 4.85. The van der Waals surface area contributed by atoms with E-state index in [1.54, 1.807) is 0 Å². The van der Waals surface area contributed by atoms with E-state index in [-0.39, 0.29) is 0 Å². The third-order valence-electron chi connectivity index (χ3n) is 3.82. The molecule has 3 nitrogen and oxygen atoms in total. The minimum atomic E-state index is 0.517. The Labute approximate surface area is 104 Å². The average molecular weight is 234 g/mol. The summed E-state index contributed by atoms with van der Waals surface area (Å²) in [6.45, 7) is 5.95. The van der Waals surface area contributed by atoms with E-state index in [0.717, 1.165) is 12.4 Å². The van der Waals surface area contributed by atoms with Gasteiger partial charge in [-0.2, -0.15) is 4.98 Å². The molecule has 0 aliphatic heterocycles. The summed E-state index contributed by atoms with van der Waals surface area (Å²) in [4.78, 5) is 4.42. The van der Waals surface area contributed by atoms with Crippen LogP contribution in [-0.2, 0) is 0 Å². The molecule has 0 unspecified atom stereocenters. The van der Waals surface area contributed by atoms with Crippen LogP contribution in [0.3, 0.4) is 0 Å². The first-order valence-corrected chi connectivity index (χ1v) is 6.62. The number of hydrogen-bond acceptors (Lipinski definition) is 3. The molecule has 1 N–H and O–H groups in total. The van der Waals surface area contributed by atoms with Crippen molar-refractivity contribution in [1.82, 2.24) is 4.98 Å². The van der Waals surface area contributed by atoms with E-state index in [1.807, 2.05) is 25.1 Å². The Morgan fingerprint density at radius 3 is 2.76 bits per heavy atom. The van der Waals surface area contributed by atoms with Crippen LogP contribution in [0.5, 0.6) is 5.88 Å². The third-order valence-corrected chi connectivity index (χ3v) is 3.82.